The van der Waals surface area contributed by atoms with E-state index in [2.05, 4.69) is 33.8 Å². The fourth-order valence-corrected chi connectivity index (χ4v) is 2.94. The van der Waals surface area contributed by atoms with Crippen LogP contribution in [-0.4, -0.2) is 25.2 Å². The molecule has 0 aromatic heterocycles. The van der Waals surface area contributed by atoms with Crippen molar-refractivity contribution in [1.29, 1.82) is 0 Å². The van der Waals surface area contributed by atoms with Gasteiger partial charge in [-0.25, -0.2) is 4.79 Å². The number of anilines is 1. The molecule has 1 heterocycles. The Kier molecular flexibility index (Phi) is 5.24. The molecule has 20 heavy (non-hydrogen) atoms. The van der Waals surface area contributed by atoms with Crippen LogP contribution < -0.4 is 4.90 Å². The Bertz CT molecular complexity index is 513. The first-order valence-electron chi connectivity index (χ1n) is 7.03. The Hall–Kier alpha value is -1.29. The lowest BCUT2D eigenvalue weighted by Gasteiger charge is -2.25. The number of carbonyl (C=O) groups is 1. The van der Waals surface area contributed by atoms with E-state index in [9.17, 15) is 4.79 Å². The summed E-state index contributed by atoms with van der Waals surface area (Å²) in [5.41, 5.74) is 2.22. The first kappa shape index (κ1) is 15.1. The monoisotopic (exact) mass is 337 g/mol. The SMILES string of the molecule is CCOC(=O)/C=C/c1cc(Br)ccc1N1CCCC1C. The van der Waals surface area contributed by atoms with Gasteiger partial charge in [-0.15, -0.1) is 0 Å². The minimum atomic E-state index is -0.298. The average molecular weight is 338 g/mol. The number of rotatable bonds is 4. The summed E-state index contributed by atoms with van der Waals surface area (Å²) in [5, 5.41) is 0. The summed E-state index contributed by atoms with van der Waals surface area (Å²) in [7, 11) is 0. The van der Waals surface area contributed by atoms with Crippen molar-refractivity contribution >= 4 is 33.7 Å². The number of nitrogens with zero attached hydrogens (tertiary/aromatic N) is 1. The van der Waals surface area contributed by atoms with Crippen LogP contribution in [-0.2, 0) is 9.53 Å². The molecule has 1 aliphatic rings. The van der Waals surface area contributed by atoms with Gasteiger partial charge in [0.15, 0.2) is 0 Å². The highest BCUT2D eigenvalue weighted by Gasteiger charge is 2.22. The Morgan fingerprint density at radius 1 is 1.55 bits per heavy atom. The van der Waals surface area contributed by atoms with E-state index in [-0.39, 0.29) is 5.97 Å². The zero-order chi connectivity index (χ0) is 14.5. The number of esters is 1. The van der Waals surface area contributed by atoms with Crippen molar-refractivity contribution in [3.63, 3.8) is 0 Å². The largest absolute Gasteiger partial charge is 0.463 e. The third kappa shape index (κ3) is 3.63. The highest BCUT2D eigenvalue weighted by Crippen LogP contribution is 2.31. The molecule has 0 saturated carbocycles. The van der Waals surface area contributed by atoms with Crippen LogP contribution in [0, 0.1) is 0 Å². The van der Waals surface area contributed by atoms with Gasteiger partial charge in [0.25, 0.3) is 0 Å². The van der Waals surface area contributed by atoms with Gasteiger partial charge in [0, 0.05) is 28.8 Å². The van der Waals surface area contributed by atoms with E-state index in [1.54, 1.807) is 0 Å². The van der Waals surface area contributed by atoms with Crippen LogP contribution in [0.4, 0.5) is 5.69 Å². The van der Waals surface area contributed by atoms with Gasteiger partial charge in [0.05, 0.1) is 6.61 Å². The highest BCUT2D eigenvalue weighted by molar-refractivity contribution is 9.10. The molecule has 0 amide bonds. The predicted octanol–water partition coefficient (Wildman–Crippen LogP) is 4.01. The summed E-state index contributed by atoms with van der Waals surface area (Å²) >= 11 is 3.49. The molecular weight excluding hydrogens is 318 g/mol. The Labute approximate surface area is 128 Å². The van der Waals surface area contributed by atoms with Crippen molar-refractivity contribution in [2.75, 3.05) is 18.1 Å². The van der Waals surface area contributed by atoms with Crippen LogP contribution in [0.2, 0.25) is 0 Å². The van der Waals surface area contributed by atoms with Crippen molar-refractivity contribution < 1.29 is 9.53 Å². The fraction of sp³-hybridized carbons (Fsp3) is 0.438. The standard InChI is InChI=1S/C16H20BrNO2/c1-3-20-16(19)9-6-13-11-14(17)7-8-15(13)18-10-4-5-12(18)2/h6-9,11-12H,3-5,10H2,1-2H3/b9-6+. The van der Waals surface area contributed by atoms with Crippen LogP contribution in [0.1, 0.15) is 32.3 Å². The van der Waals surface area contributed by atoms with Gasteiger partial charge in [-0.2, -0.15) is 0 Å². The Morgan fingerprint density at radius 2 is 2.35 bits per heavy atom. The summed E-state index contributed by atoms with van der Waals surface area (Å²) in [6, 6.07) is 6.74. The summed E-state index contributed by atoms with van der Waals surface area (Å²) in [5.74, 6) is -0.298. The topological polar surface area (TPSA) is 29.5 Å². The lowest BCUT2D eigenvalue weighted by Crippen LogP contribution is -2.26. The molecule has 1 unspecified atom stereocenters. The van der Waals surface area contributed by atoms with Gasteiger partial charge in [-0.1, -0.05) is 15.9 Å². The van der Waals surface area contributed by atoms with Crippen molar-refractivity contribution in [3.05, 3.63) is 34.3 Å². The highest BCUT2D eigenvalue weighted by atomic mass is 79.9. The van der Waals surface area contributed by atoms with Crippen LogP contribution in [0.15, 0.2) is 28.7 Å². The van der Waals surface area contributed by atoms with E-state index in [0.717, 1.165) is 16.6 Å². The molecular formula is C16H20BrNO2. The van der Waals surface area contributed by atoms with E-state index >= 15 is 0 Å². The van der Waals surface area contributed by atoms with E-state index in [4.69, 9.17) is 4.74 Å². The molecule has 1 aliphatic heterocycles. The molecule has 0 radical (unpaired) electrons. The smallest absolute Gasteiger partial charge is 0.330 e. The average Bonchev–Trinajstić information content (AvgIpc) is 2.83. The summed E-state index contributed by atoms with van der Waals surface area (Å²) in [4.78, 5) is 13.9. The lowest BCUT2D eigenvalue weighted by atomic mass is 10.1. The third-order valence-corrected chi connectivity index (χ3v) is 4.03. The maximum absolute atomic E-state index is 11.5. The second-order valence-electron chi connectivity index (χ2n) is 4.97. The molecule has 4 heteroatoms. The van der Waals surface area contributed by atoms with E-state index in [1.165, 1.54) is 24.6 Å². The first-order chi connectivity index (χ1) is 9.61. The number of carbonyl (C=O) groups excluding carboxylic acids is 1. The van der Waals surface area contributed by atoms with Crippen LogP contribution in [0.5, 0.6) is 0 Å². The van der Waals surface area contributed by atoms with Crippen molar-refractivity contribution in [1.82, 2.24) is 0 Å². The summed E-state index contributed by atoms with van der Waals surface area (Å²) < 4.78 is 5.94. The summed E-state index contributed by atoms with van der Waals surface area (Å²) in [6.45, 7) is 5.52. The van der Waals surface area contributed by atoms with Crippen molar-refractivity contribution in [2.45, 2.75) is 32.7 Å². The van der Waals surface area contributed by atoms with Gasteiger partial charge in [0.1, 0.15) is 0 Å². The zero-order valence-electron chi connectivity index (χ0n) is 11.9. The number of hydrogen-bond donors (Lipinski definition) is 0. The molecule has 1 atom stereocenters. The first-order valence-corrected chi connectivity index (χ1v) is 7.82. The number of ether oxygens (including phenoxy) is 1. The number of halogens is 1. The predicted molar refractivity (Wildman–Crippen MR) is 85.9 cm³/mol. The van der Waals surface area contributed by atoms with Crippen LogP contribution >= 0.6 is 15.9 Å². The minimum Gasteiger partial charge on any atom is -0.463 e. The number of benzene rings is 1. The second-order valence-corrected chi connectivity index (χ2v) is 5.89. The lowest BCUT2D eigenvalue weighted by molar-refractivity contribution is -0.137. The Balaban J connectivity index is 2.26. The quantitative estimate of drug-likeness (QED) is 0.614. The Morgan fingerprint density at radius 3 is 3.00 bits per heavy atom. The van der Waals surface area contributed by atoms with Gasteiger partial charge in [0.2, 0.25) is 0 Å². The minimum absolute atomic E-state index is 0.298. The van der Waals surface area contributed by atoms with Crippen molar-refractivity contribution in [3.8, 4) is 0 Å². The second kappa shape index (κ2) is 6.93. The fourth-order valence-electron chi connectivity index (χ4n) is 2.56. The molecule has 108 valence electrons. The van der Waals surface area contributed by atoms with Crippen LogP contribution in [0.3, 0.4) is 0 Å². The summed E-state index contributed by atoms with van der Waals surface area (Å²) in [6.07, 6.45) is 5.77. The maximum Gasteiger partial charge on any atom is 0.330 e. The van der Waals surface area contributed by atoms with Crippen molar-refractivity contribution in [2.24, 2.45) is 0 Å². The molecule has 1 aromatic rings. The maximum atomic E-state index is 11.5. The van der Waals surface area contributed by atoms with E-state index in [0.29, 0.717) is 12.6 Å². The molecule has 3 nitrogen and oxygen atoms in total. The van der Waals surface area contributed by atoms with Gasteiger partial charge in [-0.05, 0) is 56.5 Å². The van der Waals surface area contributed by atoms with Gasteiger partial charge < -0.3 is 9.64 Å². The zero-order valence-corrected chi connectivity index (χ0v) is 13.5. The molecule has 0 aliphatic carbocycles. The van der Waals surface area contributed by atoms with E-state index in [1.807, 2.05) is 25.1 Å². The normalized spacial score (nSPS) is 18.8. The molecule has 0 spiro atoms. The third-order valence-electron chi connectivity index (χ3n) is 3.54. The van der Waals surface area contributed by atoms with Crippen LogP contribution in [0.25, 0.3) is 6.08 Å². The molecule has 0 bridgehead atoms. The molecule has 1 saturated heterocycles. The number of hydrogen-bond acceptors (Lipinski definition) is 3. The van der Waals surface area contributed by atoms with Gasteiger partial charge >= 0.3 is 5.97 Å². The molecule has 2 rings (SSSR count). The molecule has 1 fully saturated rings. The molecule has 1 aromatic carbocycles. The molecule has 0 N–H and O–H groups in total. The van der Waals surface area contributed by atoms with E-state index < -0.39 is 0 Å². The van der Waals surface area contributed by atoms with Gasteiger partial charge in [-0.3, -0.25) is 0 Å².